The molecule has 2 amide bonds. The van der Waals surface area contributed by atoms with Crippen molar-refractivity contribution in [3.63, 3.8) is 0 Å². The molecule has 3 aromatic rings. The number of sulfonamides is 1. The molecule has 1 N–H and O–H groups in total. The number of nitrogens with one attached hydrogen (secondary N) is 1. The van der Waals surface area contributed by atoms with Crippen molar-refractivity contribution in [3.05, 3.63) is 96.6 Å². The average molecular weight is 508 g/mol. The van der Waals surface area contributed by atoms with E-state index < -0.39 is 28.5 Å². The van der Waals surface area contributed by atoms with Crippen molar-refractivity contribution in [3.8, 4) is 0 Å². The lowest BCUT2D eigenvalue weighted by atomic mass is 10.1. The molecule has 36 heavy (non-hydrogen) atoms. The minimum Gasteiger partial charge on any atom is -0.355 e. The maximum Gasteiger partial charge on any atom is 0.264 e. The molecule has 0 saturated heterocycles. The summed E-state index contributed by atoms with van der Waals surface area (Å²) in [7, 11) is -4.03. The van der Waals surface area contributed by atoms with Gasteiger partial charge in [-0.1, -0.05) is 73.7 Å². The zero-order valence-corrected chi connectivity index (χ0v) is 21.5. The first-order valence-corrected chi connectivity index (χ1v) is 13.6. The molecule has 1 unspecified atom stereocenters. The second kappa shape index (κ2) is 12.9. The van der Waals surface area contributed by atoms with Crippen LogP contribution in [-0.4, -0.2) is 50.8 Å². The zero-order valence-electron chi connectivity index (χ0n) is 20.7. The van der Waals surface area contributed by atoms with E-state index in [1.807, 2.05) is 44.2 Å². The standard InChI is InChI=1S/C28H33N3O4S/c1-3-26(28(33)29-4-2)30(21-20-23-14-8-5-9-15-23)27(32)22-31(24-16-10-6-11-17-24)36(34,35)25-18-12-7-13-19-25/h5-19,26H,3-4,20-22H2,1-2H3,(H,29,33). The van der Waals surface area contributed by atoms with Crippen molar-refractivity contribution in [2.75, 3.05) is 23.9 Å². The number of para-hydroxylation sites is 1. The van der Waals surface area contributed by atoms with Gasteiger partial charge in [-0.2, -0.15) is 0 Å². The van der Waals surface area contributed by atoms with Crippen LogP contribution in [0.5, 0.6) is 0 Å². The summed E-state index contributed by atoms with van der Waals surface area (Å²) in [6.07, 6.45) is 0.947. The van der Waals surface area contributed by atoms with Gasteiger partial charge in [0.15, 0.2) is 0 Å². The predicted molar refractivity (Wildman–Crippen MR) is 142 cm³/mol. The van der Waals surface area contributed by atoms with Gasteiger partial charge in [0.05, 0.1) is 10.6 Å². The number of likely N-dealkylation sites (N-methyl/N-ethyl adjacent to an activating group) is 1. The molecule has 7 nitrogen and oxygen atoms in total. The van der Waals surface area contributed by atoms with Crippen molar-refractivity contribution in [1.82, 2.24) is 10.2 Å². The monoisotopic (exact) mass is 507 g/mol. The van der Waals surface area contributed by atoms with Gasteiger partial charge in [-0.15, -0.1) is 0 Å². The molecule has 0 bridgehead atoms. The second-order valence-electron chi connectivity index (χ2n) is 8.30. The lowest BCUT2D eigenvalue weighted by molar-refractivity contribution is -0.139. The number of nitrogens with zero attached hydrogens (tertiary/aromatic N) is 2. The summed E-state index contributed by atoms with van der Waals surface area (Å²) in [6, 6.07) is 25.6. The normalized spacial score (nSPS) is 11.9. The highest BCUT2D eigenvalue weighted by Crippen LogP contribution is 2.24. The summed E-state index contributed by atoms with van der Waals surface area (Å²) in [6.45, 7) is 3.97. The molecular formula is C28H33N3O4S. The van der Waals surface area contributed by atoms with Gasteiger partial charge >= 0.3 is 0 Å². The Morgan fingerprint density at radius 1 is 0.833 bits per heavy atom. The van der Waals surface area contributed by atoms with Gasteiger partial charge in [-0.05, 0) is 49.6 Å². The molecule has 0 saturated carbocycles. The number of anilines is 1. The van der Waals surface area contributed by atoms with Crippen LogP contribution in [0, 0.1) is 0 Å². The Hall–Kier alpha value is -3.65. The highest BCUT2D eigenvalue weighted by molar-refractivity contribution is 7.92. The van der Waals surface area contributed by atoms with Crippen LogP contribution in [0.15, 0.2) is 95.9 Å². The molecular weight excluding hydrogens is 474 g/mol. The molecule has 1 atom stereocenters. The van der Waals surface area contributed by atoms with E-state index in [1.165, 1.54) is 17.0 Å². The number of carbonyl (C=O) groups excluding carboxylic acids is 2. The molecule has 0 aliphatic heterocycles. The zero-order chi connectivity index (χ0) is 26.0. The third kappa shape index (κ3) is 6.73. The molecule has 190 valence electrons. The summed E-state index contributed by atoms with van der Waals surface area (Å²) < 4.78 is 28.4. The average Bonchev–Trinajstić information content (AvgIpc) is 2.91. The fraction of sp³-hybridized carbons (Fsp3) is 0.286. The molecule has 0 aliphatic rings. The van der Waals surface area contributed by atoms with Crippen LogP contribution < -0.4 is 9.62 Å². The first-order chi connectivity index (χ1) is 17.4. The Balaban J connectivity index is 1.96. The summed E-state index contributed by atoms with van der Waals surface area (Å²) in [4.78, 5) is 28.2. The second-order valence-corrected chi connectivity index (χ2v) is 10.2. The van der Waals surface area contributed by atoms with E-state index in [4.69, 9.17) is 0 Å². The summed E-state index contributed by atoms with van der Waals surface area (Å²) in [5, 5.41) is 2.81. The number of carbonyl (C=O) groups is 2. The number of hydrogen-bond acceptors (Lipinski definition) is 4. The van der Waals surface area contributed by atoms with Crippen LogP contribution in [-0.2, 0) is 26.0 Å². The third-order valence-corrected chi connectivity index (χ3v) is 7.66. The van der Waals surface area contributed by atoms with E-state index in [2.05, 4.69) is 5.32 Å². The number of rotatable bonds is 12. The Morgan fingerprint density at radius 2 is 1.39 bits per heavy atom. The number of amides is 2. The molecule has 8 heteroatoms. The molecule has 0 aliphatic carbocycles. The van der Waals surface area contributed by atoms with E-state index in [0.29, 0.717) is 25.1 Å². The summed E-state index contributed by atoms with van der Waals surface area (Å²) in [5.74, 6) is -0.689. The number of hydrogen-bond donors (Lipinski definition) is 1. The van der Waals surface area contributed by atoms with E-state index in [1.54, 1.807) is 48.5 Å². The van der Waals surface area contributed by atoms with Crippen molar-refractivity contribution in [1.29, 1.82) is 0 Å². The van der Waals surface area contributed by atoms with Gasteiger partial charge < -0.3 is 10.2 Å². The number of benzene rings is 3. The van der Waals surface area contributed by atoms with Crippen molar-refractivity contribution in [2.45, 2.75) is 37.6 Å². The van der Waals surface area contributed by atoms with Crippen LogP contribution in [0.2, 0.25) is 0 Å². The maximum absolute atomic E-state index is 13.8. The van der Waals surface area contributed by atoms with E-state index in [9.17, 15) is 18.0 Å². The smallest absolute Gasteiger partial charge is 0.264 e. The minimum atomic E-state index is -4.03. The largest absolute Gasteiger partial charge is 0.355 e. The van der Waals surface area contributed by atoms with Gasteiger partial charge in [-0.3, -0.25) is 13.9 Å². The van der Waals surface area contributed by atoms with E-state index >= 15 is 0 Å². The van der Waals surface area contributed by atoms with Gasteiger partial charge in [-0.25, -0.2) is 8.42 Å². The highest BCUT2D eigenvalue weighted by Gasteiger charge is 2.33. The summed E-state index contributed by atoms with van der Waals surface area (Å²) >= 11 is 0. The van der Waals surface area contributed by atoms with Gasteiger partial charge in [0.1, 0.15) is 12.6 Å². The van der Waals surface area contributed by atoms with Crippen LogP contribution in [0.1, 0.15) is 25.8 Å². The fourth-order valence-corrected chi connectivity index (χ4v) is 5.47. The molecule has 3 rings (SSSR count). The first kappa shape index (κ1) is 26.9. The third-order valence-electron chi connectivity index (χ3n) is 5.88. The Labute approximate surface area is 213 Å². The molecule has 0 spiro atoms. The quantitative estimate of drug-likeness (QED) is 0.403. The van der Waals surface area contributed by atoms with Crippen molar-refractivity contribution in [2.24, 2.45) is 0 Å². The van der Waals surface area contributed by atoms with Crippen LogP contribution in [0.4, 0.5) is 5.69 Å². The first-order valence-electron chi connectivity index (χ1n) is 12.1. The van der Waals surface area contributed by atoms with E-state index in [-0.39, 0.29) is 17.3 Å². The minimum absolute atomic E-state index is 0.0910. The topological polar surface area (TPSA) is 86.8 Å². The van der Waals surface area contributed by atoms with Gasteiger partial charge in [0.2, 0.25) is 11.8 Å². The van der Waals surface area contributed by atoms with Crippen LogP contribution in [0.3, 0.4) is 0 Å². The van der Waals surface area contributed by atoms with Crippen LogP contribution in [0.25, 0.3) is 0 Å². The van der Waals surface area contributed by atoms with Gasteiger partial charge in [0, 0.05) is 13.1 Å². The SMILES string of the molecule is CCNC(=O)C(CC)N(CCc1ccccc1)C(=O)CN(c1ccccc1)S(=O)(=O)c1ccccc1. The van der Waals surface area contributed by atoms with Crippen molar-refractivity contribution >= 4 is 27.5 Å². The molecule has 0 radical (unpaired) electrons. The van der Waals surface area contributed by atoms with Gasteiger partial charge in [0.25, 0.3) is 10.0 Å². The Morgan fingerprint density at radius 3 is 1.94 bits per heavy atom. The van der Waals surface area contributed by atoms with Crippen LogP contribution >= 0.6 is 0 Å². The Kier molecular flexibility index (Phi) is 9.64. The highest BCUT2D eigenvalue weighted by atomic mass is 32.2. The lowest BCUT2D eigenvalue weighted by Gasteiger charge is -2.33. The Bertz CT molecular complexity index is 1220. The predicted octanol–water partition coefficient (Wildman–Crippen LogP) is 3.87. The molecule has 0 heterocycles. The fourth-order valence-electron chi connectivity index (χ4n) is 4.03. The van der Waals surface area contributed by atoms with Crippen molar-refractivity contribution < 1.29 is 18.0 Å². The maximum atomic E-state index is 13.8. The molecule has 0 fully saturated rings. The lowest BCUT2D eigenvalue weighted by Crippen LogP contribution is -2.53. The molecule has 0 aromatic heterocycles. The molecule has 3 aromatic carbocycles. The van der Waals surface area contributed by atoms with E-state index in [0.717, 1.165) is 9.87 Å². The summed E-state index contributed by atoms with van der Waals surface area (Å²) in [5.41, 5.74) is 1.40.